The average Bonchev–Trinajstić information content (AvgIpc) is 3.65. The van der Waals surface area contributed by atoms with Gasteiger partial charge >= 0.3 is 6.09 Å². The monoisotopic (exact) mass is 779 g/mol. The summed E-state index contributed by atoms with van der Waals surface area (Å²) in [4.78, 5) is 18.3. The molecular formula is C37H51F2N5O7S2. The fourth-order valence-corrected chi connectivity index (χ4v) is 10.2. The number of aliphatic hydroxyl groups is 1. The van der Waals surface area contributed by atoms with Gasteiger partial charge in [-0.25, -0.2) is 27.0 Å². The van der Waals surface area contributed by atoms with Crippen molar-refractivity contribution in [3.05, 3.63) is 53.6 Å². The fraction of sp³-hybridized carbons (Fsp3) is 0.622. The number of carbonyl (C=O) groups excluding carboxylic acids is 1. The summed E-state index contributed by atoms with van der Waals surface area (Å²) in [5.41, 5.74) is 0.416. The number of nitrogens with one attached hydrogen (secondary N) is 3. The van der Waals surface area contributed by atoms with Gasteiger partial charge in [0.1, 0.15) is 17.7 Å². The van der Waals surface area contributed by atoms with Gasteiger partial charge in [-0.1, -0.05) is 46.0 Å². The number of hydrogen-bond acceptors (Lipinski definition) is 11. The van der Waals surface area contributed by atoms with E-state index in [1.807, 2.05) is 27.7 Å². The second-order valence-electron chi connectivity index (χ2n) is 15.2. The molecule has 3 fully saturated rings. The minimum Gasteiger partial charge on any atom is -0.443 e. The predicted octanol–water partition coefficient (Wildman–Crippen LogP) is 5.40. The highest BCUT2D eigenvalue weighted by Crippen LogP contribution is 2.42. The molecule has 2 aliphatic heterocycles. The lowest BCUT2D eigenvalue weighted by Gasteiger charge is -2.47. The van der Waals surface area contributed by atoms with Crippen LogP contribution in [0.5, 0.6) is 0 Å². The Kier molecular flexibility index (Phi) is 12.3. The lowest BCUT2D eigenvalue weighted by molar-refractivity contribution is -0.181. The van der Waals surface area contributed by atoms with E-state index in [0.29, 0.717) is 29.3 Å². The van der Waals surface area contributed by atoms with Crippen LogP contribution in [0.15, 0.2) is 41.3 Å². The van der Waals surface area contributed by atoms with Gasteiger partial charge in [-0.3, -0.25) is 0 Å². The molecule has 2 saturated heterocycles. The molecule has 53 heavy (non-hydrogen) atoms. The number of hydrogen-bond donors (Lipinski definition) is 4. The molecule has 1 saturated carbocycles. The molecule has 1 amide bonds. The molecule has 6 atom stereocenters. The number of benzene rings is 2. The number of halogens is 2. The van der Waals surface area contributed by atoms with Gasteiger partial charge < -0.3 is 35.3 Å². The maximum Gasteiger partial charge on any atom is 0.407 e. The van der Waals surface area contributed by atoms with E-state index >= 15 is 0 Å². The van der Waals surface area contributed by atoms with E-state index in [1.54, 1.807) is 12.1 Å². The number of amides is 1. The Balaban J connectivity index is 1.23. The van der Waals surface area contributed by atoms with Gasteiger partial charge in [0.15, 0.2) is 11.4 Å². The van der Waals surface area contributed by atoms with Crippen LogP contribution >= 0.6 is 11.3 Å². The van der Waals surface area contributed by atoms with Crippen molar-refractivity contribution in [2.45, 2.75) is 114 Å². The maximum absolute atomic E-state index is 14.3. The van der Waals surface area contributed by atoms with Crippen LogP contribution in [0.3, 0.4) is 0 Å². The van der Waals surface area contributed by atoms with Gasteiger partial charge in [0.25, 0.3) is 0 Å². The minimum absolute atomic E-state index is 0.0375. The van der Waals surface area contributed by atoms with Gasteiger partial charge in [0.05, 0.1) is 46.4 Å². The topological polar surface area (TPSA) is 151 Å². The van der Waals surface area contributed by atoms with Crippen molar-refractivity contribution >= 4 is 42.8 Å². The van der Waals surface area contributed by atoms with E-state index < -0.39 is 64.4 Å². The van der Waals surface area contributed by atoms with E-state index in [9.17, 15) is 27.1 Å². The number of fused-ring (bicyclic) bond motifs is 2. The molecule has 4 N–H and O–H groups in total. The van der Waals surface area contributed by atoms with Crippen molar-refractivity contribution in [3.63, 3.8) is 0 Å². The number of aromatic nitrogens is 1. The van der Waals surface area contributed by atoms with Crippen LogP contribution in [0.4, 0.5) is 18.7 Å². The molecule has 292 valence electrons. The average molecular weight is 780 g/mol. The normalized spacial score (nSPS) is 24.5. The third-order valence-electron chi connectivity index (χ3n) is 10.1. The Labute approximate surface area is 314 Å². The molecule has 16 heteroatoms. The highest BCUT2D eigenvalue weighted by Gasteiger charge is 2.55. The molecule has 3 aliphatic rings. The van der Waals surface area contributed by atoms with Gasteiger partial charge in [-0.2, -0.15) is 4.31 Å². The molecule has 6 rings (SSSR count). The third-order valence-corrected chi connectivity index (χ3v) is 12.8. The Bertz CT molecular complexity index is 1840. The summed E-state index contributed by atoms with van der Waals surface area (Å²) < 4.78 is 76.7. The molecule has 0 radical (unpaired) electrons. The molecule has 1 aromatic heterocycles. The number of ether oxygens (including phenoxy) is 3. The van der Waals surface area contributed by atoms with Gasteiger partial charge in [0, 0.05) is 36.8 Å². The van der Waals surface area contributed by atoms with Gasteiger partial charge in [-0.05, 0) is 73.9 Å². The first-order valence-corrected chi connectivity index (χ1v) is 20.7. The van der Waals surface area contributed by atoms with E-state index in [0.717, 1.165) is 42.6 Å². The molecule has 3 heterocycles. The van der Waals surface area contributed by atoms with E-state index in [-0.39, 0.29) is 47.9 Å². The number of rotatable bonds is 16. The molecule has 0 spiro atoms. The number of anilines is 1. The first kappa shape index (κ1) is 39.7. The van der Waals surface area contributed by atoms with Gasteiger partial charge in [-0.15, -0.1) is 0 Å². The number of thiazole rings is 1. The zero-order chi connectivity index (χ0) is 38.1. The highest BCUT2D eigenvalue weighted by molar-refractivity contribution is 7.89. The first-order chi connectivity index (χ1) is 25.1. The Hall–Kier alpha value is -2.99. The Morgan fingerprint density at radius 1 is 1.11 bits per heavy atom. The summed E-state index contributed by atoms with van der Waals surface area (Å²) in [6, 6.07) is 7.03. The number of aliphatic hydroxyl groups excluding tert-OH is 1. The molecule has 0 bridgehead atoms. The van der Waals surface area contributed by atoms with Crippen LogP contribution in [-0.4, -0.2) is 97.4 Å². The zero-order valence-electron chi connectivity index (χ0n) is 30.8. The SMILES string of the molecule is CC[C@@]1(NC(C)C)CCOC2OCC(OC(=O)N[C@@H](Cc3cc(F)cc(F)c3)[C@H](O)CN(CC(C)C)S(=O)(=O)c3ccc4nc(NC5CC5)sc4c3)C21. The van der Waals surface area contributed by atoms with Crippen LogP contribution in [0.1, 0.15) is 65.9 Å². The molecule has 1 aliphatic carbocycles. The van der Waals surface area contributed by atoms with Crippen molar-refractivity contribution in [3.8, 4) is 0 Å². The van der Waals surface area contributed by atoms with Gasteiger partial charge in [0.2, 0.25) is 10.0 Å². The second-order valence-corrected chi connectivity index (χ2v) is 18.2. The van der Waals surface area contributed by atoms with Crippen molar-refractivity contribution in [1.82, 2.24) is 19.9 Å². The Morgan fingerprint density at radius 3 is 2.51 bits per heavy atom. The van der Waals surface area contributed by atoms with Crippen molar-refractivity contribution in [2.75, 3.05) is 31.6 Å². The third kappa shape index (κ3) is 9.46. The highest BCUT2D eigenvalue weighted by atomic mass is 32.2. The van der Waals surface area contributed by atoms with Crippen LogP contribution in [-0.2, 0) is 30.7 Å². The lowest BCUT2D eigenvalue weighted by atomic mass is 9.74. The summed E-state index contributed by atoms with van der Waals surface area (Å²) >= 11 is 1.38. The number of carbonyl (C=O) groups is 1. The maximum atomic E-state index is 14.3. The Morgan fingerprint density at radius 2 is 1.85 bits per heavy atom. The minimum atomic E-state index is -4.16. The zero-order valence-corrected chi connectivity index (χ0v) is 32.4. The molecule has 12 nitrogen and oxygen atoms in total. The predicted molar refractivity (Wildman–Crippen MR) is 198 cm³/mol. The van der Waals surface area contributed by atoms with E-state index in [4.69, 9.17) is 14.2 Å². The van der Waals surface area contributed by atoms with Crippen LogP contribution < -0.4 is 16.0 Å². The largest absolute Gasteiger partial charge is 0.443 e. The number of alkyl carbamates (subject to hydrolysis) is 1. The second kappa shape index (κ2) is 16.4. The van der Waals surface area contributed by atoms with Crippen molar-refractivity contribution in [1.29, 1.82) is 0 Å². The van der Waals surface area contributed by atoms with Crippen LogP contribution in [0.2, 0.25) is 0 Å². The van der Waals surface area contributed by atoms with Crippen LogP contribution in [0, 0.1) is 23.5 Å². The standard InChI is InChI=1S/C37H51F2N5O7S2/c1-6-37(43-22(4)5)11-12-49-34-33(37)31(20-50-34)51-36(46)42-29(15-23-13-24(38)16-25(39)14-23)30(45)19-44(18-21(2)3)53(47,48)27-9-10-28-32(17-27)52-35(41-28)40-26-7-8-26/h9-10,13-14,16-17,21-22,26,29-31,33-34,43,45H,6-8,11-12,15,18-20H2,1-5H3,(H,40,41)(H,42,46)/t29-,30+,31?,33?,34?,37+/m0/s1. The molecule has 2 aromatic carbocycles. The summed E-state index contributed by atoms with van der Waals surface area (Å²) in [7, 11) is -4.16. The number of sulfonamides is 1. The van der Waals surface area contributed by atoms with E-state index in [1.165, 1.54) is 21.7 Å². The summed E-state index contributed by atoms with van der Waals surface area (Å²) in [6.45, 7) is 10.1. The quantitative estimate of drug-likeness (QED) is 0.149. The van der Waals surface area contributed by atoms with E-state index in [2.05, 4.69) is 27.9 Å². The molecule has 3 unspecified atom stereocenters. The summed E-state index contributed by atoms with van der Waals surface area (Å²) in [6.07, 6.45) is -0.310. The molecule has 3 aromatic rings. The first-order valence-electron chi connectivity index (χ1n) is 18.4. The fourth-order valence-electron chi connectivity index (χ4n) is 7.51. The molecular weight excluding hydrogens is 729 g/mol. The lowest BCUT2D eigenvalue weighted by Crippen LogP contribution is -2.62. The summed E-state index contributed by atoms with van der Waals surface area (Å²) in [5, 5.41) is 22.2. The van der Waals surface area contributed by atoms with Crippen LogP contribution in [0.25, 0.3) is 10.2 Å². The van der Waals surface area contributed by atoms with Crippen molar-refractivity contribution < 1.29 is 41.3 Å². The summed E-state index contributed by atoms with van der Waals surface area (Å²) in [5.74, 6) is -2.10. The smallest absolute Gasteiger partial charge is 0.407 e. The number of nitrogens with zero attached hydrogens (tertiary/aromatic N) is 2. The van der Waals surface area contributed by atoms with Crippen molar-refractivity contribution in [2.24, 2.45) is 11.8 Å².